The number of halogens is 1. The van der Waals surface area contributed by atoms with E-state index in [4.69, 9.17) is 22.1 Å². The van der Waals surface area contributed by atoms with Crippen molar-refractivity contribution >= 4 is 11.6 Å². The Hall–Kier alpha value is -1.65. The van der Waals surface area contributed by atoms with Crippen LogP contribution in [0.3, 0.4) is 0 Å². The summed E-state index contributed by atoms with van der Waals surface area (Å²) in [7, 11) is 1.60. The molecule has 0 saturated heterocycles. The van der Waals surface area contributed by atoms with E-state index in [2.05, 4.69) is 9.97 Å². The Labute approximate surface area is 111 Å². The van der Waals surface area contributed by atoms with Gasteiger partial charge in [-0.2, -0.15) is 0 Å². The standard InChI is InChI=1S/C13H14ClN3O/c1-8(15)13-16-6-5-12(17-13)10-4-3-9(18-2)7-11(10)14/h3-8H,15H2,1-2H3. The minimum absolute atomic E-state index is 0.207. The average Bonchev–Trinajstić information content (AvgIpc) is 2.38. The summed E-state index contributed by atoms with van der Waals surface area (Å²) in [6, 6.07) is 7.06. The zero-order valence-corrected chi connectivity index (χ0v) is 11.0. The summed E-state index contributed by atoms with van der Waals surface area (Å²) < 4.78 is 5.11. The molecule has 0 radical (unpaired) electrons. The lowest BCUT2D eigenvalue weighted by molar-refractivity contribution is 0.415. The summed E-state index contributed by atoms with van der Waals surface area (Å²) in [5.41, 5.74) is 7.36. The predicted molar refractivity (Wildman–Crippen MR) is 71.6 cm³/mol. The lowest BCUT2D eigenvalue weighted by Crippen LogP contribution is -2.09. The Morgan fingerprint density at radius 2 is 2.11 bits per heavy atom. The summed E-state index contributed by atoms with van der Waals surface area (Å²) >= 11 is 6.20. The Kier molecular flexibility index (Phi) is 3.79. The van der Waals surface area contributed by atoms with Crippen LogP contribution >= 0.6 is 11.6 Å². The van der Waals surface area contributed by atoms with Gasteiger partial charge in [-0.1, -0.05) is 11.6 Å². The van der Waals surface area contributed by atoms with Crippen LogP contribution in [0.4, 0.5) is 0 Å². The highest BCUT2D eigenvalue weighted by atomic mass is 35.5. The fourth-order valence-electron chi connectivity index (χ4n) is 1.57. The second kappa shape index (κ2) is 5.33. The first-order valence-corrected chi connectivity index (χ1v) is 5.92. The third-order valence-corrected chi connectivity index (χ3v) is 2.85. The molecule has 1 aromatic carbocycles. The minimum atomic E-state index is -0.207. The molecule has 1 aromatic heterocycles. The molecule has 1 atom stereocenters. The van der Waals surface area contributed by atoms with Crippen LogP contribution in [0.1, 0.15) is 18.8 Å². The molecule has 2 rings (SSSR count). The van der Waals surface area contributed by atoms with Crippen LogP contribution in [0.2, 0.25) is 5.02 Å². The van der Waals surface area contributed by atoms with E-state index in [0.29, 0.717) is 16.6 Å². The average molecular weight is 264 g/mol. The molecule has 0 bridgehead atoms. The van der Waals surface area contributed by atoms with Crippen molar-refractivity contribution < 1.29 is 4.74 Å². The van der Waals surface area contributed by atoms with Gasteiger partial charge in [0.1, 0.15) is 11.6 Å². The van der Waals surface area contributed by atoms with Crippen molar-refractivity contribution in [3.8, 4) is 17.0 Å². The summed E-state index contributed by atoms with van der Waals surface area (Å²) in [5, 5.41) is 0.587. The lowest BCUT2D eigenvalue weighted by atomic mass is 10.1. The number of methoxy groups -OCH3 is 1. The molecule has 0 aliphatic heterocycles. The fourth-order valence-corrected chi connectivity index (χ4v) is 1.84. The third kappa shape index (κ3) is 2.60. The monoisotopic (exact) mass is 263 g/mol. The first-order chi connectivity index (χ1) is 8.61. The molecule has 0 saturated carbocycles. The largest absolute Gasteiger partial charge is 0.497 e. The minimum Gasteiger partial charge on any atom is -0.497 e. The van der Waals surface area contributed by atoms with E-state index in [0.717, 1.165) is 11.3 Å². The van der Waals surface area contributed by atoms with Crippen LogP contribution in [-0.4, -0.2) is 17.1 Å². The molecule has 1 unspecified atom stereocenters. The van der Waals surface area contributed by atoms with Gasteiger partial charge in [-0.05, 0) is 31.2 Å². The van der Waals surface area contributed by atoms with Gasteiger partial charge in [-0.25, -0.2) is 9.97 Å². The van der Waals surface area contributed by atoms with Gasteiger partial charge >= 0.3 is 0 Å². The van der Waals surface area contributed by atoms with E-state index in [9.17, 15) is 0 Å². The molecule has 94 valence electrons. The molecule has 0 aliphatic carbocycles. The summed E-state index contributed by atoms with van der Waals surface area (Å²) in [6.45, 7) is 1.84. The van der Waals surface area contributed by atoms with E-state index in [-0.39, 0.29) is 6.04 Å². The van der Waals surface area contributed by atoms with Gasteiger partial charge in [0.25, 0.3) is 0 Å². The quantitative estimate of drug-likeness (QED) is 0.925. The van der Waals surface area contributed by atoms with Crippen LogP contribution in [0.5, 0.6) is 5.75 Å². The number of aromatic nitrogens is 2. The van der Waals surface area contributed by atoms with Crippen LogP contribution in [0.15, 0.2) is 30.5 Å². The van der Waals surface area contributed by atoms with Gasteiger partial charge in [-0.3, -0.25) is 0 Å². The van der Waals surface area contributed by atoms with Crippen molar-refractivity contribution in [3.63, 3.8) is 0 Å². The zero-order chi connectivity index (χ0) is 13.1. The first kappa shape index (κ1) is 12.8. The maximum absolute atomic E-state index is 6.20. The van der Waals surface area contributed by atoms with Crippen molar-refractivity contribution in [1.82, 2.24) is 9.97 Å². The Morgan fingerprint density at radius 3 is 2.72 bits per heavy atom. The number of nitrogens with two attached hydrogens (primary N) is 1. The van der Waals surface area contributed by atoms with E-state index in [1.165, 1.54) is 0 Å². The summed E-state index contributed by atoms with van der Waals surface area (Å²) in [6.07, 6.45) is 1.68. The van der Waals surface area contributed by atoms with Gasteiger partial charge in [0.05, 0.1) is 23.9 Å². The number of ether oxygens (including phenoxy) is 1. The molecule has 2 N–H and O–H groups in total. The van der Waals surface area contributed by atoms with Crippen molar-refractivity contribution in [2.45, 2.75) is 13.0 Å². The van der Waals surface area contributed by atoms with Crippen molar-refractivity contribution in [2.75, 3.05) is 7.11 Å². The molecule has 1 heterocycles. The van der Waals surface area contributed by atoms with Crippen molar-refractivity contribution in [3.05, 3.63) is 41.3 Å². The second-order valence-corrected chi connectivity index (χ2v) is 4.34. The van der Waals surface area contributed by atoms with E-state index in [1.54, 1.807) is 25.4 Å². The zero-order valence-electron chi connectivity index (χ0n) is 10.2. The normalized spacial score (nSPS) is 12.2. The Bertz CT molecular complexity index is 558. The van der Waals surface area contributed by atoms with Crippen LogP contribution in [-0.2, 0) is 0 Å². The van der Waals surface area contributed by atoms with E-state index >= 15 is 0 Å². The van der Waals surface area contributed by atoms with Gasteiger partial charge in [0.2, 0.25) is 0 Å². The molecule has 0 fully saturated rings. The van der Waals surface area contributed by atoms with E-state index < -0.39 is 0 Å². The second-order valence-electron chi connectivity index (χ2n) is 3.93. The van der Waals surface area contributed by atoms with Crippen molar-refractivity contribution in [1.29, 1.82) is 0 Å². The highest BCUT2D eigenvalue weighted by molar-refractivity contribution is 6.33. The Morgan fingerprint density at radius 1 is 1.33 bits per heavy atom. The molecule has 0 amide bonds. The van der Waals surface area contributed by atoms with Crippen LogP contribution in [0, 0.1) is 0 Å². The predicted octanol–water partition coefficient (Wildman–Crippen LogP) is 2.83. The molecule has 0 spiro atoms. The molecule has 0 aliphatic rings. The maximum Gasteiger partial charge on any atom is 0.145 e. The summed E-state index contributed by atoms with van der Waals surface area (Å²) in [5.74, 6) is 1.31. The highest BCUT2D eigenvalue weighted by Gasteiger charge is 2.09. The van der Waals surface area contributed by atoms with Gasteiger partial charge in [0.15, 0.2) is 0 Å². The number of hydrogen-bond donors (Lipinski definition) is 1. The molecular formula is C13H14ClN3O. The lowest BCUT2D eigenvalue weighted by Gasteiger charge is -2.08. The van der Waals surface area contributed by atoms with Crippen LogP contribution < -0.4 is 10.5 Å². The molecule has 5 heteroatoms. The number of nitrogens with zero attached hydrogens (tertiary/aromatic N) is 2. The number of benzene rings is 1. The molecular weight excluding hydrogens is 250 g/mol. The van der Waals surface area contributed by atoms with Crippen LogP contribution in [0.25, 0.3) is 11.3 Å². The Balaban J connectivity index is 2.45. The smallest absolute Gasteiger partial charge is 0.145 e. The SMILES string of the molecule is COc1ccc(-c2ccnc(C(C)N)n2)c(Cl)c1. The molecule has 4 nitrogen and oxygen atoms in total. The third-order valence-electron chi connectivity index (χ3n) is 2.53. The highest BCUT2D eigenvalue weighted by Crippen LogP contribution is 2.30. The van der Waals surface area contributed by atoms with Gasteiger partial charge < -0.3 is 10.5 Å². The molecule has 18 heavy (non-hydrogen) atoms. The number of rotatable bonds is 3. The molecule has 2 aromatic rings. The summed E-state index contributed by atoms with van der Waals surface area (Å²) in [4.78, 5) is 8.52. The van der Waals surface area contributed by atoms with Gasteiger partial charge in [-0.15, -0.1) is 0 Å². The van der Waals surface area contributed by atoms with Gasteiger partial charge in [0, 0.05) is 11.8 Å². The topological polar surface area (TPSA) is 61.0 Å². The van der Waals surface area contributed by atoms with E-state index in [1.807, 2.05) is 19.1 Å². The fraction of sp³-hybridized carbons (Fsp3) is 0.231. The maximum atomic E-state index is 6.20. The van der Waals surface area contributed by atoms with Crippen molar-refractivity contribution in [2.24, 2.45) is 5.73 Å². The number of hydrogen-bond acceptors (Lipinski definition) is 4. The first-order valence-electron chi connectivity index (χ1n) is 5.54.